The van der Waals surface area contributed by atoms with Crippen LogP contribution in [0, 0.1) is 0 Å². The van der Waals surface area contributed by atoms with E-state index in [4.69, 9.17) is 18.9 Å². The van der Waals surface area contributed by atoms with Gasteiger partial charge in [0.15, 0.2) is 0 Å². The molecule has 0 bridgehead atoms. The lowest BCUT2D eigenvalue weighted by molar-refractivity contribution is -0.762. The molecule has 0 saturated heterocycles. The number of oxazole rings is 1. The molecule has 1 unspecified atom stereocenters. The highest BCUT2D eigenvalue weighted by atomic mass is 16.7. The molecule has 6 aromatic rings. The molecule has 0 amide bonds. The van der Waals surface area contributed by atoms with Gasteiger partial charge in [-0.2, -0.15) is 0 Å². The van der Waals surface area contributed by atoms with Crippen LogP contribution in [0.15, 0.2) is 132 Å². The third kappa shape index (κ3) is 3.76. The molecule has 6 heteroatoms. The van der Waals surface area contributed by atoms with Crippen molar-refractivity contribution in [3.05, 3.63) is 128 Å². The van der Waals surface area contributed by atoms with Gasteiger partial charge in [0.05, 0.1) is 6.20 Å². The van der Waals surface area contributed by atoms with Gasteiger partial charge in [0.2, 0.25) is 5.58 Å². The maximum absolute atomic E-state index is 6.35. The summed E-state index contributed by atoms with van der Waals surface area (Å²) in [5.74, 6) is 2.76. The number of aromatic nitrogens is 2. The average Bonchev–Trinajstić information content (AvgIpc) is 3.36. The summed E-state index contributed by atoms with van der Waals surface area (Å²) < 4.78 is 20.8. The van der Waals surface area contributed by atoms with Gasteiger partial charge < -0.3 is 13.9 Å². The molecule has 7 rings (SSSR count). The Morgan fingerprint density at radius 1 is 0.703 bits per heavy atom. The highest BCUT2D eigenvalue weighted by Crippen LogP contribution is 2.38. The Balaban J connectivity index is 1.24. The molecule has 178 valence electrons. The molecule has 0 radical (unpaired) electrons. The number of para-hydroxylation sites is 5. The second kappa shape index (κ2) is 8.84. The average molecular weight is 485 g/mol. The Morgan fingerprint density at radius 3 is 2.11 bits per heavy atom. The first-order valence-corrected chi connectivity index (χ1v) is 12.1. The van der Waals surface area contributed by atoms with Crippen molar-refractivity contribution < 1.29 is 18.5 Å². The van der Waals surface area contributed by atoms with Gasteiger partial charge in [-0.25, -0.2) is 4.98 Å². The molecule has 0 N–H and O–H groups in total. The van der Waals surface area contributed by atoms with Crippen LogP contribution in [0.5, 0.6) is 11.5 Å². The Hall–Kier alpha value is -5.10. The normalized spacial score (nSPS) is 13.9. The Kier molecular flexibility index (Phi) is 5.07. The molecule has 3 heterocycles. The molecular weight excluding hydrogens is 462 g/mol. The summed E-state index contributed by atoms with van der Waals surface area (Å²) in [4.78, 5) is 6.86. The number of ether oxygens (including phenoxy) is 2. The fraction of sp³-hybridized carbons (Fsp3) is 0.0323. The number of anilines is 3. The van der Waals surface area contributed by atoms with Gasteiger partial charge in [-0.15, -0.1) is 0 Å². The lowest BCUT2D eigenvalue weighted by Gasteiger charge is -2.24. The molecule has 0 fully saturated rings. The standard InChI is InChI=1S/C31H22N3O3/c1-3-11-22(12-4-1)33(23-13-5-2-6-14-23)29-20-19-24(21-32-29)35-31-34-26-16-8-10-18-28(26)36-30(34)25-15-7-9-17-27(25)37-31/h1-21,31H/q+1. The van der Waals surface area contributed by atoms with E-state index in [0.717, 1.165) is 33.9 Å². The molecule has 0 saturated carbocycles. The van der Waals surface area contributed by atoms with Crippen molar-refractivity contribution in [3.8, 4) is 23.0 Å². The number of hydrogen-bond donors (Lipinski definition) is 0. The van der Waals surface area contributed by atoms with Crippen LogP contribution >= 0.6 is 0 Å². The van der Waals surface area contributed by atoms with E-state index in [0.29, 0.717) is 17.4 Å². The number of nitrogens with zero attached hydrogens (tertiary/aromatic N) is 3. The van der Waals surface area contributed by atoms with E-state index in [1.807, 2.05) is 102 Å². The van der Waals surface area contributed by atoms with Gasteiger partial charge in [0, 0.05) is 17.4 Å². The number of fused-ring (bicyclic) bond motifs is 5. The Morgan fingerprint density at radius 2 is 1.38 bits per heavy atom. The van der Waals surface area contributed by atoms with E-state index >= 15 is 0 Å². The van der Waals surface area contributed by atoms with E-state index in [2.05, 4.69) is 29.2 Å². The lowest BCUT2D eigenvalue weighted by atomic mass is 10.2. The summed E-state index contributed by atoms with van der Waals surface area (Å²) in [5.41, 5.74) is 4.58. The monoisotopic (exact) mass is 484 g/mol. The molecule has 0 aliphatic carbocycles. The molecule has 6 nitrogen and oxygen atoms in total. The van der Waals surface area contributed by atoms with Gasteiger partial charge in [0.25, 0.3) is 5.52 Å². The number of pyridine rings is 1. The number of hydrogen-bond acceptors (Lipinski definition) is 5. The molecule has 1 atom stereocenters. The van der Waals surface area contributed by atoms with Crippen LogP contribution in [0.25, 0.3) is 22.6 Å². The van der Waals surface area contributed by atoms with Gasteiger partial charge >= 0.3 is 12.3 Å². The first-order chi connectivity index (χ1) is 18.3. The lowest BCUT2D eigenvalue weighted by Crippen LogP contribution is -2.49. The van der Waals surface area contributed by atoms with Gasteiger partial charge in [-0.3, -0.25) is 4.90 Å². The number of benzene rings is 4. The fourth-order valence-corrected chi connectivity index (χ4v) is 4.64. The van der Waals surface area contributed by atoms with E-state index in [1.165, 1.54) is 0 Å². The molecule has 0 spiro atoms. The second-order valence-electron chi connectivity index (χ2n) is 8.64. The summed E-state index contributed by atoms with van der Waals surface area (Å²) in [7, 11) is 0. The summed E-state index contributed by atoms with van der Waals surface area (Å²) in [5, 5.41) is 0. The van der Waals surface area contributed by atoms with E-state index < -0.39 is 6.41 Å². The first-order valence-electron chi connectivity index (χ1n) is 12.1. The quantitative estimate of drug-likeness (QED) is 0.243. The van der Waals surface area contributed by atoms with Gasteiger partial charge in [0.1, 0.15) is 22.9 Å². The molecule has 1 aliphatic rings. The number of rotatable bonds is 5. The van der Waals surface area contributed by atoms with Gasteiger partial charge in [-0.1, -0.05) is 65.2 Å². The van der Waals surface area contributed by atoms with Crippen LogP contribution in [0.4, 0.5) is 17.2 Å². The Labute approximate surface area is 213 Å². The van der Waals surface area contributed by atoms with Crippen LogP contribution < -0.4 is 18.9 Å². The molecular formula is C31H22N3O3+. The van der Waals surface area contributed by atoms with E-state index in [9.17, 15) is 0 Å². The summed E-state index contributed by atoms with van der Waals surface area (Å²) >= 11 is 0. The zero-order chi connectivity index (χ0) is 24.6. The smallest absolute Gasteiger partial charge is 0.400 e. The topological polar surface area (TPSA) is 51.6 Å². The first kappa shape index (κ1) is 21.2. The molecule has 1 aliphatic heterocycles. The van der Waals surface area contributed by atoms with Crippen molar-refractivity contribution in [2.24, 2.45) is 0 Å². The zero-order valence-electron chi connectivity index (χ0n) is 19.8. The highest BCUT2D eigenvalue weighted by molar-refractivity contribution is 5.75. The van der Waals surface area contributed by atoms with Crippen molar-refractivity contribution in [2.45, 2.75) is 6.41 Å². The zero-order valence-corrected chi connectivity index (χ0v) is 19.8. The maximum atomic E-state index is 6.35. The van der Waals surface area contributed by atoms with E-state index in [-0.39, 0.29) is 0 Å². The summed E-state index contributed by atoms with van der Waals surface area (Å²) in [6, 6.07) is 39.9. The summed E-state index contributed by atoms with van der Waals surface area (Å²) in [6.07, 6.45) is 0.973. The molecule has 37 heavy (non-hydrogen) atoms. The van der Waals surface area contributed by atoms with Gasteiger partial charge in [-0.05, 0) is 54.6 Å². The predicted octanol–water partition coefficient (Wildman–Crippen LogP) is 7.18. The second-order valence-corrected chi connectivity index (χ2v) is 8.64. The minimum Gasteiger partial charge on any atom is -0.400 e. The molecule has 2 aromatic heterocycles. The van der Waals surface area contributed by atoms with Crippen LogP contribution in [0.2, 0.25) is 0 Å². The minimum absolute atomic E-state index is 0.581. The van der Waals surface area contributed by atoms with Crippen molar-refractivity contribution in [1.29, 1.82) is 0 Å². The SMILES string of the molecule is c1ccc(N(c2ccccc2)c2ccc(OC3Oc4ccccc4-c4oc5ccccc5[n+]43)cn2)cc1. The van der Waals surface area contributed by atoms with E-state index in [1.54, 1.807) is 6.20 Å². The fourth-order valence-electron chi connectivity index (χ4n) is 4.64. The third-order valence-electron chi connectivity index (χ3n) is 6.32. The molecule has 4 aromatic carbocycles. The largest absolute Gasteiger partial charge is 0.471 e. The Bertz CT molecular complexity index is 1640. The third-order valence-corrected chi connectivity index (χ3v) is 6.32. The van der Waals surface area contributed by atoms with Crippen molar-refractivity contribution in [2.75, 3.05) is 4.90 Å². The maximum Gasteiger partial charge on any atom is 0.471 e. The van der Waals surface area contributed by atoms with Crippen molar-refractivity contribution >= 4 is 28.3 Å². The van der Waals surface area contributed by atoms with Crippen molar-refractivity contribution in [1.82, 2.24) is 4.98 Å². The predicted molar refractivity (Wildman–Crippen MR) is 141 cm³/mol. The highest BCUT2D eigenvalue weighted by Gasteiger charge is 2.41. The summed E-state index contributed by atoms with van der Waals surface area (Å²) in [6.45, 7) is 0. The van der Waals surface area contributed by atoms with Crippen LogP contribution in [0.1, 0.15) is 6.41 Å². The minimum atomic E-state index is -0.749. The van der Waals surface area contributed by atoms with Crippen LogP contribution in [-0.2, 0) is 0 Å². The van der Waals surface area contributed by atoms with Crippen molar-refractivity contribution in [3.63, 3.8) is 0 Å². The van der Waals surface area contributed by atoms with Crippen LogP contribution in [0.3, 0.4) is 0 Å². The van der Waals surface area contributed by atoms with Crippen LogP contribution in [-0.4, -0.2) is 4.98 Å².